The van der Waals surface area contributed by atoms with Gasteiger partial charge in [-0.15, -0.1) is 0 Å². The van der Waals surface area contributed by atoms with Crippen LogP contribution in [0.2, 0.25) is 0 Å². The molecule has 1 aliphatic carbocycles. The van der Waals surface area contributed by atoms with Crippen LogP contribution in [0.15, 0.2) is 59.6 Å². The number of pyridine rings is 2. The lowest BCUT2D eigenvalue weighted by atomic mass is 9.82. The predicted octanol–water partition coefficient (Wildman–Crippen LogP) is 5.61. The number of allylic oxidation sites excluding steroid dienone is 2. The van der Waals surface area contributed by atoms with E-state index in [1.165, 1.54) is 36.4 Å². The number of ether oxygens (including phenoxy) is 1. The number of nitrogens with one attached hydrogen (secondary N) is 1. The number of nitrogens with zero attached hydrogens (tertiary/aromatic N) is 2. The van der Waals surface area contributed by atoms with Crippen molar-refractivity contribution in [2.45, 2.75) is 52.0 Å². The summed E-state index contributed by atoms with van der Waals surface area (Å²) >= 11 is 0. The molecular weight excluding hydrogens is 519 g/mol. The molecule has 3 aromatic rings. The molecule has 8 nitrogen and oxygen atoms in total. The smallest absolute Gasteiger partial charge is 0.281 e. The number of benzene rings is 1. The fourth-order valence-electron chi connectivity index (χ4n) is 4.83. The van der Waals surface area contributed by atoms with Gasteiger partial charge in [0.25, 0.3) is 15.9 Å². The molecule has 1 aromatic carbocycles. The SMILES string of the molecule is CCCCOc1cc(F)cc(-c2ccc(C(=O)NS(=O)(=O)c3cccc(N)n3)c(C3=CC(C)CC3(C)C)n2)c1. The van der Waals surface area contributed by atoms with Crippen molar-refractivity contribution in [3.8, 4) is 17.0 Å². The minimum atomic E-state index is -4.30. The summed E-state index contributed by atoms with van der Waals surface area (Å²) in [6.07, 6.45) is 4.66. The summed E-state index contributed by atoms with van der Waals surface area (Å²) in [7, 11) is -4.30. The van der Waals surface area contributed by atoms with Crippen molar-refractivity contribution in [2.75, 3.05) is 12.3 Å². The maximum atomic E-state index is 14.5. The number of hydrogen-bond donors (Lipinski definition) is 2. The molecule has 1 unspecified atom stereocenters. The number of halogens is 1. The van der Waals surface area contributed by atoms with Gasteiger partial charge in [-0.1, -0.05) is 46.3 Å². The normalized spacial score (nSPS) is 16.5. The Kier molecular flexibility index (Phi) is 8.06. The average Bonchev–Trinajstić information content (AvgIpc) is 3.14. The van der Waals surface area contributed by atoms with Crippen LogP contribution in [0.4, 0.5) is 10.2 Å². The van der Waals surface area contributed by atoms with E-state index in [1.807, 2.05) is 26.8 Å². The molecule has 1 atom stereocenters. The fourth-order valence-corrected chi connectivity index (χ4v) is 5.77. The van der Waals surface area contributed by atoms with Gasteiger partial charge in [-0.25, -0.2) is 19.1 Å². The second kappa shape index (κ2) is 11.1. The molecule has 1 amide bonds. The zero-order valence-corrected chi connectivity index (χ0v) is 23.3. The first-order valence-corrected chi connectivity index (χ1v) is 14.3. The van der Waals surface area contributed by atoms with E-state index in [0.29, 0.717) is 29.3 Å². The number of nitrogens with two attached hydrogens (primary N) is 1. The van der Waals surface area contributed by atoms with Crippen LogP contribution < -0.4 is 15.2 Å². The van der Waals surface area contributed by atoms with Gasteiger partial charge < -0.3 is 10.5 Å². The average molecular weight is 553 g/mol. The number of rotatable bonds is 9. The molecule has 0 fully saturated rings. The van der Waals surface area contributed by atoms with E-state index in [0.717, 1.165) is 24.8 Å². The molecular formula is C29H33FN4O4S. The summed E-state index contributed by atoms with van der Waals surface area (Å²) in [6.45, 7) is 8.68. The summed E-state index contributed by atoms with van der Waals surface area (Å²) in [6, 6.07) is 11.6. The molecule has 206 valence electrons. The van der Waals surface area contributed by atoms with Crippen molar-refractivity contribution in [3.05, 3.63) is 71.7 Å². The Morgan fingerprint density at radius 2 is 1.95 bits per heavy atom. The highest BCUT2D eigenvalue weighted by Gasteiger charge is 2.35. The Hall–Kier alpha value is -3.79. The second-order valence-electron chi connectivity index (χ2n) is 10.5. The van der Waals surface area contributed by atoms with Crippen molar-refractivity contribution in [1.29, 1.82) is 0 Å². The Morgan fingerprint density at radius 1 is 1.18 bits per heavy atom. The zero-order valence-electron chi connectivity index (χ0n) is 22.5. The summed E-state index contributed by atoms with van der Waals surface area (Å²) < 4.78 is 48.1. The summed E-state index contributed by atoms with van der Waals surface area (Å²) in [5.74, 6) is -0.703. The fraction of sp³-hybridized carbons (Fsp3) is 0.345. The highest BCUT2D eigenvalue weighted by molar-refractivity contribution is 7.90. The van der Waals surface area contributed by atoms with Crippen LogP contribution in [-0.2, 0) is 10.0 Å². The minimum absolute atomic E-state index is 0.0111. The monoisotopic (exact) mass is 552 g/mol. The van der Waals surface area contributed by atoms with Gasteiger partial charge in [0, 0.05) is 11.6 Å². The van der Waals surface area contributed by atoms with Crippen LogP contribution >= 0.6 is 0 Å². The van der Waals surface area contributed by atoms with Gasteiger partial charge in [-0.05, 0) is 66.1 Å². The number of carbonyl (C=O) groups is 1. The first-order chi connectivity index (χ1) is 18.4. The van der Waals surface area contributed by atoms with Crippen LogP contribution in [-0.4, -0.2) is 30.9 Å². The van der Waals surface area contributed by atoms with Gasteiger partial charge in [0.1, 0.15) is 17.4 Å². The van der Waals surface area contributed by atoms with Crippen LogP contribution in [0.25, 0.3) is 16.8 Å². The summed E-state index contributed by atoms with van der Waals surface area (Å²) in [5, 5.41) is -0.369. The van der Waals surface area contributed by atoms with Crippen LogP contribution in [0.1, 0.15) is 63.0 Å². The van der Waals surface area contributed by atoms with Gasteiger partial charge in [-0.3, -0.25) is 4.79 Å². The molecule has 10 heteroatoms. The molecule has 2 aromatic heterocycles. The van der Waals surface area contributed by atoms with Gasteiger partial charge in [0.15, 0.2) is 5.03 Å². The van der Waals surface area contributed by atoms with Crippen molar-refractivity contribution in [2.24, 2.45) is 11.3 Å². The van der Waals surface area contributed by atoms with Gasteiger partial charge in [0.05, 0.1) is 23.6 Å². The minimum Gasteiger partial charge on any atom is -0.493 e. The first kappa shape index (κ1) is 28.2. The maximum absolute atomic E-state index is 14.5. The largest absolute Gasteiger partial charge is 0.493 e. The number of carbonyl (C=O) groups excluding carboxylic acids is 1. The molecule has 0 radical (unpaired) electrons. The maximum Gasteiger partial charge on any atom is 0.281 e. The molecule has 0 bridgehead atoms. The van der Waals surface area contributed by atoms with Gasteiger partial charge in [0.2, 0.25) is 0 Å². The summed E-state index contributed by atoms with van der Waals surface area (Å²) in [4.78, 5) is 22.0. The van der Waals surface area contributed by atoms with E-state index in [9.17, 15) is 17.6 Å². The van der Waals surface area contributed by atoms with E-state index in [1.54, 1.807) is 12.1 Å². The number of sulfonamides is 1. The molecule has 2 heterocycles. The summed E-state index contributed by atoms with van der Waals surface area (Å²) in [5.41, 5.74) is 7.45. The Morgan fingerprint density at radius 3 is 2.62 bits per heavy atom. The van der Waals surface area contributed by atoms with E-state index < -0.39 is 21.7 Å². The zero-order chi connectivity index (χ0) is 28.4. The Labute approximate surface area is 228 Å². The standard InChI is InChI=1S/C29H33FN4O4S/c1-5-6-12-38-21-15-19(14-20(30)16-21)24-11-10-22(27(32-24)23-13-18(2)17-29(23,3)4)28(35)34-39(36,37)26-9-7-8-25(31)33-26/h7-11,13-16,18H,5-6,12,17H2,1-4H3,(H2,31,33)(H,34,35). The molecule has 3 N–H and O–H groups in total. The van der Waals surface area contributed by atoms with Crippen LogP contribution in [0.3, 0.4) is 0 Å². The third kappa shape index (κ3) is 6.44. The lowest BCUT2D eigenvalue weighted by molar-refractivity contribution is 0.0980. The van der Waals surface area contributed by atoms with E-state index in [-0.39, 0.29) is 27.7 Å². The number of unbranched alkanes of at least 4 members (excludes halogenated alkanes) is 1. The van der Waals surface area contributed by atoms with Crippen molar-refractivity contribution in [3.63, 3.8) is 0 Å². The van der Waals surface area contributed by atoms with Crippen molar-refractivity contribution in [1.82, 2.24) is 14.7 Å². The van der Waals surface area contributed by atoms with E-state index in [2.05, 4.69) is 16.6 Å². The molecule has 0 saturated carbocycles. The number of hydrogen-bond acceptors (Lipinski definition) is 7. The number of anilines is 1. The molecule has 0 aliphatic heterocycles. The third-order valence-corrected chi connectivity index (χ3v) is 7.82. The Balaban J connectivity index is 1.77. The van der Waals surface area contributed by atoms with Crippen molar-refractivity contribution < 1.29 is 22.3 Å². The van der Waals surface area contributed by atoms with Crippen LogP contribution in [0, 0.1) is 17.2 Å². The van der Waals surface area contributed by atoms with Crippen LogP contribution in [0.5, 0.6) is 5.75 Å². The second-order valence-corrected chi connectivity index (χ2v) is 12.1. The first-order valence-electron chi connectivity index (χ1n) is 12.9. The highest BCUT2D eigenvalue weighted by atomic mass is 32.2. The lowest BCUT2D eigenvalue weighted by Gasteiger charge is -2.24. The third-order valence-electron chi connectivity index (χ3n) is 6.59. The topological polar surface area (TPSA) is 124 Å². The van der Waals surface area contributed by atoms with E-state index in [4.69, 9.17) is 15.5 Å². The van der Waals surface area contributed by atoms with Gasteiger partial charge >= 0.3 is 0 Å². The molecule has 39 heavy (non-hydrogen) atoms. The van der Waals surface area contributed by atoms with Crippen molar-refractivity contribution >= 4 is 27.3 Å². The molecule has 0 spiro atoms. The lowest BCUT2D eigenvalue weighted by Crippen LogP contribution is -2.32. The molecule has 0 saturated heterocycles. The number of aromatic nitrogens is 2. The highest BCUT2D eigenvalue weighted by Crippen LogP contribution is 2.47. The van der Waals surface area contributed by atoms with Gasteiger partial charge in [-0.2, -0.15) is 8.42 Å². The molecule has 1 aliphatic rings. The Bertz CT molecular complexity index is 1540. The quantitative estimate of drug-likeness (QED) is 0.331. The van der Waals surface area contributed by atoms with E-state index >= 15 is 0 Å². The number of nitrogen functional groups attached to an aromatic ring is 1. The molecule has 4 rings (SSSR count). The number of amides is 1. The predicted molar refractivity (Wildman–Crippen MR) is 149 cm³/mol.